The number of rotatable bonds is 3. The number of ether oxygens (including phenoxy) is 1. The number of carbonyl (C=O) groups is 1. The Morgan fingerprint density at radius 3 is 2.86 bits per heavy atom. The molecule has 1 amide bonds. The Kier molecular flexibility index (Phi) is 4.15. The maximum atomic E-state index is 12.6. The van der Waals surface area contributed by atoms with Crippen LogP contribution in [-0.2, 0) is 24.4 Å². The van der Waals surface area contributed by atoms with E-state index >= 15 is 0 Å². The molecule has 2 aromatic heterocycles. The molecule has 0 unspecified atom stereocenters. The molecule has 0 saturated heterocycles. The Balaban J connectivity index is 1.84. The van der Waals surface area contributed by atoms with Gasteiger partial charge in [-0.2, -0.15) is 0 Å². The van der Waals surface area contributed by atoms with Crippen molar-refractivity contribution >= 4 is 5.91 Å². The van der Waals surface area contributed by atoms with Gasteiger partial charge in [-0.1, -0.05) is 0 Å². The highest BCUT2D eigenvalue weighted by Gasteiger charge is 2.23. The molecule has 0 bridgehead atoms. The van der Waals surface area contributed by atoms with Crippen LogP contribution >= 0.6 is 0 Å². The summed E-state index contributed by atoms with van der Waals surface area (Å²) in [4.78, 5) is 27.1. The fourth-order valence-corrected chi connectivity index (χ4v) is 2.61. The number of nitrogens with zero attached hydrogens (tertiary/aromatic N) is 5. The number of imidazole rings is 1. The van der Waals surface area contributed by atoms with E-state index in [9.17, 15) is 4.79 Å². The smallest absolute Gasteiger partial charge is 0.274 e. The van der Waals surface area contributed by atoms with Gasteiger partial charge in [0.15, 0.2) is 0 Å². The molecule has 0 radical (unpaired) electrons. The van der Waals surface area contributed by atoms with Crippen molar-refractivity contribution in [2.45, 2.75) is 33.0 Å². The average Bonchev–Trinajstić information content (AvgIpc) is 2.77. The first-order valence-corrected chi connectivity index (χ1v) is 7.29. The van der Waals surface area contributed by atoms with Crippen molar-refractivity contribution in [1.29, 1.82) is 0 Å². The van der Waals surface area contributed by atoms with E-state index < -0.39 is 0 Å². The molecule has 116 valence electrons. The molecule has 0 spiro atoms. The van der Waals surface area contributed by atoms with Gasteiger partial charge in [0.25, 0.3) is 5.91 Å². The van der Waals surface area contributed by atoms with Crippen molar-refractivity contribution in [2.75, 3.05) is 13.7 Å². The van der Waals surface area contributed by atoms with Crippen LogP contribution in [0.5, 0.6) is 0 Å². The predicted molar refractivity (Wildman–Crippen MR) is 79.1 cm³/mol. The van der Waals surface area contributed by atoms with Crippen LogP contribution in [0.15, 0.2) is 18.7 Å². The number of fused-ring (bicyclic) bond motifs is 1. The first kappa shape index (κ1) is 14.6. The van der Waals surface area contributed by atoms with Gasteiger partial charge in [-0.3, -0.25) is 9.78 Å². The maximum absolute atomic E-state index is 12.6. The standard InChI is InChI=1S/C15H19N5O2/c1-11-6-17-12(7-16-11)15(21)19-4-3-5-20-10-18-13(9-22-2)14(20)8-19/h6-7,10H,3-5,8-9H2,1-2H3. The van der Waals surface area contributed by atoms with E-state index in [0.29, 0.717) is 25.4 Å². The number of methoxy groups -OCH3 is 1. The summed E-state index contributed by atoms with van der Waals surface area (Å²) in [7, 11) is 1.65. The van der Waals surface area contributed by atoms with Crippen LogP contribution in [0.4, 0.5) is 0 Å². The summed E-state index contributed by atoms with van der Waals surface area (Å²) in [6.07, 6.45) is 5.87. The highest BCUT2D eigenvalue weighted by molar-refractivity contribution is 5.92. The van der Waals surface area contributed by atoms with Crippen molar-refractivity contribution < 1.29 is 9.53 Å². The second-order valence-corrected chi connectivity index (χ2v) is 5.39. The van der Waals surface area contributed by atoms with Gasteiger partial charge >= 0.3 is 0 Å². The minimum Gasteiger partial charge on any atom is -0.378 e. The third-order valence-electron chi connectivity index (χ3n) is 3.77. The number of hydrogen-bond donors (Lipinski definition) is 0. The van der Waals surface area contributed by atoms with Crippen LogP contribution < -0.4 is 0 Å². The molecular weight excluding hydrogens is 282 g/mol. The van der Waals surface area contributed by atoms with E-state index in [-0.39, 0.29) is 5.91 Å². The Bertz CT molecular complexity index is 665. The van der Waals surface area contributed by atoms with E-state index in [1.54, 1.807) is 18.2 Å². The number of amides is 1. The summed E-state index contributed by atoms with van der Waals surface area (Å²) in [5.74, 6) is -0.0921. The lowest BCUT2D eigenvalue weighted by molar-refractivity contribution is 0.0737. The van der Waals surface area contributed by atoms with Crippen molar-refractivity contribution in [3.63, 3.8) is 0 Å². The second kappa shape index (κ2) is 6.23. The molecule has 0 fully saturated rings. The Labute approximate surface area is 129 Å². The average molecular weight is 301 g/mol. The summed E-state index contributed by atoms with van der Waals surface area (Å²) in [6, 6.07) is 0. The minimum atomic E-state index is -0.0921. The van der Waals surface area contributed by atoms with Gasteiger partial charge < -0.3 is 14.2 Å². The molecule has 0 N–H and O–H groups in total. The fraction of sp³-hybridized carbons (Fsp3) is 0.467. The monoisotopic (exact) mass is 301 g/mol. The predicted octanol–water partition coefficient (Wildman–Crippen LogP) is 1.17. The lowest BCUT2D eigenvalue weighted by atomic mass is 10.2. The third kappa shape index (κ3) is 2.85. The van der Waals surface area contributed by atoms with Gasteiger partial charge in [0, 0.05) is 26.4 Å². The van der Waals surface area contributed by atoms with Crippen LogP contribution in [0.3, 0.4) is 0 Å². The Hall–Kier alpha value is -2.28. The quantitative estimate of drug-likeness (QED) is 0.851. The number of aromatic nitrogens is 4. The van der Waals surface area contributed by atoms with E-state index in [1.165, 1.54) is 6.20 Å². The summed E-state index contributed by atoms with van der Waals surface area (Å²) >= 11 is 0. The molecular formula is C15H19N5O2. The molecule has 0 aromatic carbocycles. The lowest BCUT2D eigenvalue weighted by Crippen LogP contribution is -2.31. The van der Waals surface area contributed by atoms with E-state index in [1.807, 2.05) is 13.3 Å². The molecule has 1 aliphatic rings. The molecule has 7 nitrogen and oxygen atoms in total. The zero-order chi connectivity index (χ0) is 15.5. The van der Waals surface area contributed by atoms with Crippen molar-refractivity contribution in [3.8, 4) is 0 Å². The molecule has 3 heterocycles. The Morgan fingerprint density at radius 1 is 1.27 bits per heavy atom. The van der Waals surface area contributed by atoms with Crippen molar-refractivity contribution in [2.24, 2.45) is 0 Å². The van der Waals surface area contributed by atoms with E-state index in [2.05, 4.69) is 19.5 Å². The molecule has 0 aliphatic carbocycles. The zero-order valence-corrected chi connectivity index (χ0v) is 12.8. The summed E-state index contributed by atoms with van der Waals surface area (Å²) in [5.41, 5.74) is 3.10. The molecule has 0 atom stereocenters. The highest BCUT2D eigenvalue weighted by Crippen LogP contribution is 2.18. The van der Waals surface area contributed by atoms with Gasteiger partial charge in [-0.15, -0.1) is 0 Å². The molecule has 22 heavy (non-hydrogen) atoms. The van der Waals surface area contributed by atoms with Gasteiger partial charge in [0.1, 0.15) is 5.69 Å². The van der Waals surface area contributed by atoms with Crippen molar-refractivity contribution in [1.82, 2.24) is 24.4 Å². The van der Waals surface area contributed by atoms with Crippen LogP contribution in [0, 0.1) is 6.92 Å². The zero-order valence-electron chi connectivity index (χ0n) is 12.8. The molecule has 7 heteroatoms. The summed E-state index contributed by atoms with van der Waals surface area (Å²) in [6.45, 7) is 4.38. The minimum absolute atomic E-state index is 0.0921. The van der Waals surface area contributed by atoms with Crippen LogP contribution in [-0.4, -0.2) is 44.0 Å². The van der Waals surface area contributed by atoms with Gasteiger partial charge in [0.05, 0.1) is 42.8 Å². The molecule has 3 rings (SSSR count). The van der Waals surface area contributed by atoms with Crippen molar-refractivity contribution in [3.05, 3.63) is 41.5 Å². The molecule has 0 saturated carbocycles. The maximum Gasteiger partial charge on any atom is 0.274 e. The molecule has 2 aromatic rings. The highest BCUT2D eigenvalue weighted by atomic mass is 16.5. The number of aryl methyl sites for hydroxylation is 2. The summed E-state index contributed by atoms with van der Waals surface area (Å²) in [5, 5.41) is 0. The largest absolute Gasteiger partial charge is 0.378 e. The third-order valence-corrected chi connectivity index (χ3v) is 3.77. The van der Waals surface area contributed by atoms with Crippen LogP contribution in [0.2, 0.25) is 0 Å². The normalized spacial score (nSPS) is 14.5. The lowest BCUT2D eigenvalue weighted by Gasteiger charge is -2.20. The second-order valence-electron chi connectivity index (χ2n) is 5.39. The first-order valence-electron chi connectivity index (χ1n) is 7.29. The number of carbonyl (C=O) groups excluding carboxylic acids is 1. The van der Waals surface area contributed by atoms with Gasteiger partial charge in [-0.05, 0) is 13.3 Å². The molecule has 1 aliphatic heterocycles. The first-order chi connectivity index (χ1) is 10.7. The number of hydrogen-bond acceptors (Lipinski definition) is 5. The topological polar surface area (TPSA) is 73.1 Å². The fourth-order valence-electron chi connectivity index (χ4n) is 2.61. The van der Waals surface area contributed by atoms with E-state index in [4.69, 9.17) is 4.74 Å². The Morgan fingerprint density at radius 2 is 2.14 bits per heavy atom. The van der Waals surface area contributed by atoms with E-state index in [0.717, 1.165) is 30.0 Å². The van der Waals surface area contributed by atoms with Crippen LogP contribution in [0.1, 0.15) is 34.0 Å². The van der Waals surface area contributed by atoms with Gasteiger partial charge in [-0.25, -0.2) is 9.97 Å². The van der Waals surface area contributed by atoms with Gasteiger partial charge in [0.2, 0.25) is 0 Å². The summed E-state index contributed by atoms with van der Waals surface area (Å²) < 4.78 is 7.28. The van der Waals surface area contributed by atoms with Crippen LogP contribution in [0.25, 0.3) is 0 Å². The SMILES string of the molecule is COCc1ncn2c1CN(C(=O)c1cnc(C)cn1)CCC2.